The maximum absolute atomic E-state index is 12.3. The topological polar surface area (TPSA) is 93.6 Å². The molecule has 3 rings (SSSR count). The number of rotatable bonds is 7. The van der Waals surface area contributed by atoms with E-state index in [1.54, 1.807) is 6.20 Å². The van der Waals surface area contributed by atoms with Gasteiger partial charge in [-0.15, -0.1) is 0 Å². The Morgan fingerprint density at radius 3 is 2.74 bits per heavy atom. The molecule has 6 nitrogen and oxygen atoms in total. The zero-order chi connectivity index (χ0) is 19.1. The number of fused-ring (bicyclic) bond motifs is 1. The molecular formula is C21H21N5O. The van der Waals surface area contributed by atoms with Gasteiger partial charge in [-0.2, -0.15) is 10.4 Å². The Balaban J connectivity index is 1.64. The zero-order valence-corrected chi connectivity index (χ0v) is 15.1. The minimum Gasteiger partial charge on any atom is -0.360 e. The number of aryl methyl sites for hydroxylation is 1. The summed E-state index contributed by atoms with van der Waals surface area (Å²) in [4.78, 5) is 12.3. The highest BCUT2D eigenvalue weighted by molar-refractivity contribution is 6.06. The summed E-state index contributed by atoms with van der Waals surface area (Å²) in [5.41, 5.74) is 3.53. The smallest absolute Gasteiger partial charge is 0.267 e. The number of amides is 1. The van der Waals surface area contributed by atoms with Gasteiger partial charge in [0, 0.05) is 23.0 Å². The third kappa shape index (κ3) is 4.73. The van der Waals surface area contributed by atoms with Gasteiger partial charge >= 0.3 is 0 Å². The van der Waals surface area contributed by atoms with E-state index in [1.165, 1.54) is 11.8 Å². The normalized spacial score (nSPS) is 11.2. The lowest BCUT2D eigenvalue weighted by atomic mass is 10.1. The van der Waals surface area contributed by atoms with Crippen LogP contribution in [0.5, 0.6) is 0 Å². The fraction of sp³-hybridized carbons (Fsp3) is 0.190. The summed E-state index contributed by atoms with van der Waals surface area (Å²) >= 11 is 0. The summed E-state index contributed by atoms with van der Waals surface area (Å²) in [7, 11) is 0. The van der Waals surface area contributed by atoms with Crippen LogP contribution in [-0.4, -0.2) is 16.1 Å². The van der Waals surface area contributed by atoms with Crippen molar-refractivity contribution in [2.75, 3.05) is 10.6 Å². The Morgan fingerprint density at radius 2 is 2.00 bits per heavy atom. The standard InChI is InChI=1S/C21H21N5O/c1-2-3-4-15-5-8-18(9-6-15)25-21(27)17(12-22)13-23-19-10-7-16-14-24-26-20(16)11-19/h5-11,13-14,23H,2-4H2,1H3,(H,24,26)(H,25,27)/b17-13-. The number of hydrogen-bond donors (Lipinski definition) is 3. The highest BCUT2D eigenvalue weighted by Crippen LogP contribution is 2.17. The van der Waals surface area contributed by atoms with Crippen LogP contribution < -0.4 is 10.6 Å². The predicted octanol–water partition coefficient (Wildman–Crippen LogP) is 4.36. The second-order valence-corrected chi connectivity index (χ2v) is 6.24. The second kappa shape index (κ2) is 8.68. The number of aromatic amines is 1. The average Bonchev–Trinajstić information content (AvgIpc) is 3.16. The number of H-pyrrole nitrogens is 1. The molecule has 0 bridgehead atoms. The van der Waals surface area contributed by atoms with E-state index in [9.17, 15) is 10.1 Å². The van der Waals surface area contributed by atoms with E-state index >= 15 is 0 Å². The van der Waals surface area contributed by atoms with E-state index in [0.29, 0.717) is 5.69 Å². The quantitative estimate of drug-likeness (QED) is 0.431. The monoisotopic (exact) mass is 359 g/mol. The van der Waals surface area contributed by atoms with Crippen molar-refractivity contribution < 1.29 is 4.79 Å². The Labute approximate surface area is 157 Å². The predicted molar refractivity (Wildman–Crippen MR) is 107 cm³/mol. The molecule has 1 aromatic heterocycles. The van der Waals surface area contributed by atoms with Crippen LogP contribution in [0.15, 0.2) is 60.4 Å². The molecule has 0 radical (unpaired) electrons. The number of aromatic nitrogens is 2. The summed E-state index contributed by atoms with van der Waals surface area (Å²) in [5.74, 6) is -0.450. The fourth-order valence-electron chi connectivity index (χ4n) is 2.66. The van der Waals surface area contributed by atoms with Gasteiger partial charge in [0.05, 0.1) is 11.7 Å². The molecule has 1 amide bonds. The molecule has 6 heteroatoms. The first-order chi connectivity index (χ1) is 13.2. The van der Waals surface area contributed by atoms with Crippen molar-refractivity contribution in [2.45, 2.75) is 26.2 Å². The number of nitriles is 1. The molecular weight excluding hydrogens is 338 g/mol. The van der Waals surface area contributed by atoms with Crippen LogP contribution in [0.25, 0.3) is 10.9 Å². The van der Waals surface area contributed by atoms with Crippen LogP contribution in [0.1, 0.15) is 25.3 Å². The minimum absolute atomic E-state index is 0.00485. The van der Waals surface area contributed by atoms with Gasteiger partial charge in [0.25, 0.3) is 5.91 Å². The minimum atomic E-state index is -0.450. The molecule has 3 aromatic rings. The van der Waals surface area contributed by atoms with E-state index in [-0.39, 0.29) is 5.57 Å². The molecule has 0 aliphatic rings. The molecule has 27 heavy (non-hydrogen) atoms. The largest absolute Gasteiger partial charge is 0.360 e. The first-order valence-electron chi connectivity index (χ1n) is 8.90. The number of hydrogen-bond acceptors (Lipinski definition) is 4. The third-order valence-electron chi connectivity index (χ3n) is 4.22. The maximum atomic E-state index is 12.3. The van der Waals surface area contributed by atoms with Gasteiger partial charge in [0.2, 0.25) is 0 Å². The van der Waals surface area contributed by atoms with Gasteiger partial charge in [0.15, 0.2) is 0 Å². The number of unbranched alkanes of at least 4 members (excludes halogenated alkanes) is 1. The number of benzene rings is 2. The summed E-state index contributed by atoms with van der Waals surface area (Å²) in [6, 6.07) is 15.3. The molecule has 2 aromatic carbocycles. The Kier molecular flexibility index (Phi) is 5.85. The molecule has 0 saturated heterocycles. The lowest BCUT2D eigenvalue weighted by Crippen LogP contribution is -2.14. The molecule has 3 N–H and O–H groups in total. The molecule has 0 fully saturated rings. The van der Waals surface area contributed by atoms with Crippen molar-refractivity contribution >= 4 is 28.2 Å². The SMILES string of the molecule is CCCCc1ccc(NC(=O)/C(C#N)=C\Nc2ccc3cn[nH]c3c2)cc1. The lowest BCUT2D eigenvalue weighted by Gasteiger charge is -2.07. The summed E-state index contributed by atoms with van der Waals surface area (Å²) < 4.78 is 0. The summed E-state index contributed by atoms with van der Waals surface area (Å²) in [6.45, 7) is 2.16. The molecule has 1 heterocycles. The van der Waals surface area contributed by atoms with Gasteiger partial charge in [-0.1, -0.05) is 25.5 Å². The fourth-order valence-corrected chi connectivity index (χ4v) is 2.66. The number of nitrogens with zero attached hydrogens (tertiary/aromatic N) is 2. The van der Waals surface area contributed by atoms with Crippen LogP contribution >= 0.6 is 0 Å². The van der Waals surface area contributed by atoms with Crippen LogP contribution in [0, 0.1) is 11.3 Å². The maximum Gasteiger partial charge on any atom is 0.267 e. The van der Waals surface area contributed by atoms with Gasteiger partial charge < -0.3 is 10.6 Å². The molecule has 0 aliphatic carbocycles. The summed E-state index contributed by atoms with van der Waals surface area (Å²) in [6.07, 6.45) is 6.45. The number of anilines is 2. The third-order valence-corrected chi connectivity index (χ3v) is 4.22. The van der Waals surface area contributed by atoms with E-state index in [4.69, 9.17) is 0 Å². The van der Waals surface area contributed by atoms with Crippen LogP contribution in [0.2, 0.25) is 0 Å². The van der Waals surface area contributed by atoms with Crippen molar-refractivity contribution in [3.8, 4) is 6.07 Å². The Hall–Kier alpha value is -3.59. The molecule has 0 spiro atoms. The van der Waals surface area contributed by atoms with Crippen molar-refractivity contribution in [2.24, 2.45) is 0 Å². The summed E-state index contributed by atoms with van der Waals surface area (Å²) in [5, 5.41) is 22.9. The Morgan fingerprint density at radius 1 is 1.22 bits per heavy atom. The first-order valence-corrected chi connectivity index (χ1v) is 8.90. The van der Waals surface area contributed by atoms with Crippen LogP contribution in [-0.2, 0) is 11.2 Å². The second-order valence-electron chi connectivity index (χ2n) is 6.24. The Bertz CT molecular complexity index is 995. The molecule has 136 valence electrons. The van der Waals surface area contributed by atoms with Crippen LogP contribution in [0.4, 0.5) is 11.4 Å². The molecule has 0 aliphatic heterocycles. The number of carbonyl (C=O) groups excluding carboxylic acids is 1. The first kappa shape index (κ1) is 18.2. The van der Waals surface area contributed by atoms with Gasteiger partial charge in [-0.25, -0.2) is 0 Å². The van der Waals surface area contributed by atoms with Crippen molar-refractivity contribution in [3.63, 3.8) is 0 Å². The van der Waals surface area contributed by atoms with Crippen LogP contribution in [0.3, 0.4) is 0 Å². The number of carbonyl (C=O) groups is 1. The van der Waals surface area contributed by atoms with Gasteiger partial charge in [-0.05, 0) is 48.7 Å². The molecule has 0 atom stereocenters. The zero-order valence-electron chi connectivity index (χ0n) is 15.1. The molecule has 0 saturated carbocycles. The number of nitrogens with one attached hydrogen (secondary N) is 3. The average molecular weight is 359 g/mol. The van der Waals surface area contributed by atoms with E-state index in [1.807, 2.05) is 48.5 Å². The lowest BCUT2D eigenvalue weighted by molar-refractivity contribution is -0.112. The van der Waals surface area contributed by atoms with Crippen molar-refractivity contribution in [3.05, 3.63) is 66.0 Å². The van der Waals surface area contributed by atoms with E-state index in [0.717, 1.165) is 35.9 Å². The molecule has 0 unspecified atom stereocenters. The van der Waals surface area contributed by atoms with E-state index in [2.05, 4.69) is 27.8 Å². The van der Waals surface area contributed by atoms with Gasteiger partial charge in [0.1, 0.15) is 11.6 Å². The van der Waals surface area contributed by atoms with Gasteiger partial charge in [-0.3, -0.25) is 9.89 Å². The highest BCUT2D eigenvalue weighted by Gasteiger charge is 2.09. The van der Waals surface area contributed by atoms with E-state index < -0.39 is 5.91 Å². The highest BCUT2D eigenvalue weighted by atomic mass is 16.1. The van der Waals surface area contributed by atoms with Crippen molar-refractivity contribution in [1.82, 2.24) is 10.2 Å². The van der Waals surface area contributed by atoms with Crippen molar-refractivity contribution in [1.29, 1.82) is 5.26 Å².